The van der Waals surface area contributed by atoms with Crippen molar-refractivity contribution in [1.29, 1.82) is 0 Å². The van der Waals surface area contributed by atoms with E-state index in [0.717, 1.165) is 19.3 Å². The fourth-order valence-corrected chi connectivity index (χ4v) is 4.80. The molecule has 0 spiro atoms. The predicted octanol–water partition coefficient (Wildman–Crippen LogP) is 3.04. The largest absolute Gasteiger partial charge is 0.391 e. The minimum absolute atomic E-state index is 0.00433. The van der Waals surface area contributed by atoms with Gasteiger partial charge < -0.3 is 21.1 Å². The lowest BCUT2D eigenvalue weighted by atomic mass is 9.91. The molecular formula is C30H56N4O5. The Labute approximate surface area is 236 Å². The van der Waals surface area contributed by atoms with E-state index in [9.17, 15) is 24.3 Å². The third-order valence-corrected chi connectivity index (χ3v) is 8.50. The number of carbonyl (C=O) groups excluding carboxylic acids is 4. The minimum Gasteiger partial charge on any atom is -0.391 e. The summed E-state index contributed by atoms with van der Waals surface area (Å²) in [6.45, 7) is 19.2. The highest BCUT2D eigenvalue weighted by atomic mass is 16.3. The Kier molecular flexibility index (Phi) is 13.6. The van der Waals surface area contributed by atoms with Crippen molar-refractivity contribution in [3.8, 4) is 0 Å². The van der Waals surface area contributed by atoms with Gasteiger partial charge in [0.1, 0.15) is 12.1 Å². The molecule has 1 aliphatic carbocycles. The molecule has 7 atom stereocenters. The van der Waals surface area contributed by atoms with E-state index >= 15 is 0 Å². The number of nitrogens with zero attached hydrogens (tertiary/aromatic N) is 1. The van der Waals surface area contributed by atoms with E-state index in [1.54, 1.807) is 0 Å². The molecular weight excluding hydrogens is 496 g/mol. The molecule has 1 fully saturated rings. The summed E-state index contributed by atoms with van der Waals surface area (Å²) in [4.78, 5) is 55.5. The summed E-state index contributed by atoms with van der Waals surface area (Å²) in [5.41, 5.74) is -0.419. The van der Waals surface area contributed by atoms with Crippen LogP contribution in [0.3, 0.4) is 0 Å². The molecule has 1 rings (SSSR count). The monoisotopic (exact) mass is 552 g/mol. The number of hydrogen-bond donors (Lipinski definition) is 4. The number of aliphatic hydroxyl groups excluding tert-OH is 1. The highest BCUT2D eigenvalue weighted by molar-refractivity contribution is 5.97. The predicted molar refractivity (Wildman–Crippen MR) is 155 cm³/mol. The van der Waals surface area contributed by atoms with Gasteiger partial charge in [0.25, 0.3) is 0 Å². The fourth-order valence-electron chi connectivity index (χ4n) is 4.80. The molecule has 1 aliphatic rings. The minimum atomic E-state index is -1.26. The Morgan fingerprint density at radius 1 is 0.795 bits per heavy atom. The second kappa shape index (κ2) is 15.1. The molecule has 3 amide bonds. The third kappa shape index (κ3) is 9.85. The van der Waals surface area contributed by atoms with Crippen molar-refractivity contribution in [3.05, 3.63) is 0 Å². The summed E-state index contributed by atoms with van der Waals surface area (Å²) in [7, 11) is 1.91. The molecule has 226 valence electrons. The topological polar surface area (TPSA) is 128 Å². The highest BCUT2D eigenvalue weighted by Crippen LogP contribution is 2.47. The summed E-state index contributed by atoms with van der Waals surface area (Å²) >= 11 is 0. The van der Waals surface area contributed by atoms with Crippen LogP contribution >= 0.6 is 0 Å². The van der Waals surface area contributed by atoms with Gasteiger partial charge in [0.15, 0.2) is 5.78 Å². The number of rotatable bonds is 17. The van der Waals surface area contributed by atoms with Gasteiger partial charge in [-0.1, -0.05) is 61.3 Å². The summed E-state index contributed by atoms with van der Waals surface area (Å²) in [6.07, 6.45) is 2.30. The third-order valence-electron chi connectivity index (χ3n) is 8.50. The van der Waals surface area contributed by atoms with Gasteiger partial charge in [-0.25, -0.2) is 0 Å². The van der Waals surface area contributed by atoms with E-state index in [0.29, 0.717) is 12.8 Å². The van der Waals surface area contributed by atoms with Crippen molar-refractivity contribution < 1.29 is 24.3 Å². The average Bonchev–Trinajstić information content (AvgIpc) is 3.61. The number of likely N-dealkylation sites (N-methyl/N-ethyl adjacent to an activating group) is 1. The number of aliphatic hydroxyl groups is 1. The van der Waals surface area contributed by atoms with Crippen LogP contribution in [0, 0.1) is 23.2 Å². The fraction of sp³-hybridized carbons (Fsp3) is 0.867. The van der Waals surface area contributed by atoms with E-state index in [1.165, 1.54) is 6.92 Å². The maximum absolute atomic E-state index is 13.5. The molecule has 0 heterocycles. The van der Waals surface area contributed by atoms with Gasteiger partial charge in [-0.05, 0) is 64.8 Å². The number of nitrogens with one attached hydrogen (secondary N) is 3. The van der Waals surface area contributed by atoms with Gasteiger partial charge in [-0.3, -0.25) is 24.1 Å². The highest BCUT2D eigenvalue weighted by Gasteiger charge is 2.48. The van der Waals surface area contributed by atoms with Gasteiger partial charge in [-0.2, -0.15) is 0 Å². The van der Waals surface area contributed by atoms with Crippen LogP contribution in [-0.2, 0) is 19.2 Å². The second-order valence-electron chi connectivity index (χ2n) is 12.8. The molecule has 0 aromatic rings. The number of Topliss-reactive ketones (excluding diaryl/α,β-unsaturated/α-hetero) is 1. The van der Waals surface area contributed by atoms with E-state index in [1.807, 2.05) is 74.3 Å². The standard InChI is InChI=1S/C30H56N4O5/c1-12-19(7)23(32-29(39)25(20(8)13-2)34(11)18(5)6)27(37)33-24(21(9)35)28(38)31-22(16-17(3)4)26(36)30(10)14-15-30/h17-25,35H,12-16H2,1-11H3,(H,31,38)(H,32,39)(H,33,37)/t19-,20-,21+,22-,23-,24?,25?/m0/s1. The van der Waals surface area contributed by atoms with Crippen LogP contribution in [0.2, 0.25) is 0 Å². The smallest absolute Gasteiger partial charge is 0.245 e. The molecule has 0 aromatic carbocycles. The van der Waals surface area contributed by atoms with Crippen molar-refractivity contribution in [1.82, 2.24) is 20.9 Å². The summed E-state index contributed by atoms with van der Waals surface area (Å²) < 4.78 is 0. The number of carbonyl (C=O) groups is 4. The van der Waals surface area contributed by atoms with Gasteiger partial charge in [-0.15, -0.1) is 0 Å². The Morgan fingerprint density at radius 2 is 1.28 bits per heavy atom. The summed E-state index contributed by atoms with van der Waals surface area (Å²) in [5, 5.41) is 18.9. The molecule has 0 bridgehead atoms. The molecule has 0 radical (unpaired) electrons. The molecule has 0 aromatic heterocycles. The lowest BCUT2D eigenvalue weighted by Crippen LogP contribution is -2.62. The quantitative estimate of drug-likeness (QED) is 0.220. The molecule has 4 N–H and O–H groups in total. The molecule has 2 unspecified atom stereocenters. The average molecular weight is 553 g/mol. The van der Waals surface area contributed by atoms with Gasteiger partial charge in [0, 0.05) is 11.5 Å². The lowest BCUT2D eigenvalue weighted by molar-refractivity contribution is -0.138. The van der Waals surface area contributed by atoms with Gasteiger partial charge >= 0.3 is 0 Å². The Hall–Kier alpha value is -2.00. The van der Waals surface area contributed by atoms with Crippen molar-refractivity contribution in [2.24, 2.45) is 23.2 Å². The first kappa shape index (κ1) is 35.0. The number of amides is 3. The van der Waals surface area contributed by atoms with Crippen molar-refractivity contribution >= 4 is 23.5 Å². The molecule has 9 heteroatoms. The van der Waals surface area contributed by atoms with Crippen LogP contribution in [0.4, 0.5) is 0 Å². The van der Waals surface area contributed by atoms with Gasteiger partial charge in [0.2, 0.25) is 17.7 Å². The first-order valence-corrected chi connectivity index (χ1v) is 14.9. The second-order valence-corrected chi connectivity index (χ2v) is 12.8. The maximum Gasteiger partial charge on any atom is 0.245 e. The normalized spacial score (nSPS) is 20.0. The van der Waals surface area contributed by atoms with Crippen LogP contribution in [-0.4, -0.2) is 76.9 Å². The molecule has 1 saturated carbocycles. The van der Waals surface area contributed by atoms with E-state index in [2.05, 4.69) is 16.0 Å². The van der Waals surface area contributed by atoms with Crippen LogP contribution in [0.5, 0.6) is 0 Å². The van der Waals surface area contributed by atoms with Crippen molar-refractivity contribution in [2.45, 2.75) is 138 Å². The van der Waals surface area contributed by atoms with Gasteiger partial charge in [0.05, 0.1) is 18.2 Å². The number of hydrogen-bond acceptors (Lipinski definition) is 6. The lowest BCUT2D eigenvalue weighted by Gasteiger charge is -2.36. The Bertz CT molecular complexity index is 839. The first-order chi connectivity index (χ1) is 18.0. The molecule has 0 aliphatic heterocycles. The maximum atomic E-state index is 13.5. The van der Waals surface area contributed by atoms with E-state index < -0.39 is 47.5 Å². The van der Waals surface area contributed by atoms with Crippen LogP contribution < -0.4 is 16.0 Å². The zero-order chi connectivity index (χ0) is 30.2. The molecule has 39 heavy (non-hydrogen) atoms. The first-order valence-electron chi connectivity index (χ1n) is 14.9. The van der Waals surface area contributed by atoms with Crippen LogP contribution in [0.15, 0.2) is 0 Å². The van der Waals surface area contributed by atoms with Crippen LogP contribution in [0.1, 0.15) is 101 Å². The summed E-state index contributed by atoms with van der Waals surface area (Å²) in [6, 6.07) is -3.12. The Morgan fingerprint density at radius 3 is 1.69 bits per heavy atom. The molecule has 0 saturated heterocycles. The van der Waals surface area contributed by atoms with Crippen molar-refractivity contribution in [2.75, 3.05) is 7.05 Å². The SMILES string of the molecule is CC[C@H](C)C(C(=O)N[C@H](C(=O)NC(C(=O)N[C@@H](CC(C)C)C(=O)C1(C)CC1)[C@@H](C)O)[C@@H](C)CC)N(C)C(C)C. The zero-order valence-corrected chi connectivity index (χ0v) is 26.3. The van der Waals surface area contributed by atoms with Crippen LogP contribution in [0.25, 0.3) is 0 Å². The van der Waals surface area contributed by atoms with E-state index in [4.69, 9.17) is 0 Å². The van der Waals surface area contributed by atoms with Crippen molar-refractivity contribution in [3.63, 3.8) is 0 Å². The number of ketones is 1. The summed E-state index contributed by atoms with van der Waals surface area (Å²) in [5.74, 6) is -1.35. The molecule has 9 nitrogen and oxygen atoms in total. The zero-order valence-electron chi connectivity index (χ0n) is 26.3. The Balaban J connectivity index is 3.14. The van der Waals surface area contributed by atoms with E-state index in [-0.39, 0.29) is 35.5 Å².